The third-order valence-corrected chi connectivity index (χ3v) is 8.29. The predicted octanol–water partition coefficient (Wildman–Crippen LogP) is 7.26. The fourth-order valence-electron chi connectivity index (χ4n) is 4.79. The Morgan fingerprint density at radius 2 is 0.304 bits per heavy atom. The Balaban J connectivity index is -0.000000308. The summed E-state index contributed by atoms with van der Waals surface area (Å²) in [6.07, 6.45) is 0. The number of rotatable bonds is 0. The van der Waals surface area contributed by atoms with Gasteiger partial charge in [0.1, 0.15) is 0 Å². The van der Waals surface area contributed by atoms with Crippen molar-refractivity contribution in [2.45, 2.75) is 69.2 Å². The van der Waals surface area contributed by atoms with Gasteiger partial charge >= 0.3 is 16.8 Å². The van der Waals surface area contributed by atoms with Gasteiger partial charge in [-0.15, -0.1) is 0 Å². The van der Waals surface area contributed by atoms with Gasteiger partial charge in [0, 0.05) is 0 Å². The second-order valence-electron chi connectivity index (χ2n) is 8.59. The maximum absolute atomic E-state index is 2.40. The molecular formula is C22H46Co. The molecule has 0 amide bonds. The molecule has 2 aliphatic rings. The van der Waals surface area contributed by atoms with Crippen LogP contribution in [0.5, 0.6) is 0 Å². The molecule has 0 aliphatic heterocycles. The molecule has 2 saturated carbocycles. The Labute approximate surface area is 160 Å². The Kier molecular flexibility index (Phi) is 13.8. The Bertz CT molecular complexity index is 181. The molecule has 143 valence electrons. The Hall–Kier alpha value is 0.506. The van der Waals surface area contributed by atoms with Crippen LogP contribution in [0.25, 0.3) is 0 Å². The molecule has 0 atom stereocenters. The normalized spacial score (nSPS) is 48.3. The summed E-state index contributed by atoms with van der Waals surface area (Å²) in [7, 11) is 0. The molecule has 0 heterocycles. The van der Waals surface area contributed by atoms with Crippen LogP contribution in [-0.2, 0) is 16.8 Å². The monoisotopic (exact) mass is 369 g/mol. The van der Waals surface area contributed by atoms with Gasteiger partial charge in [0.25, 0.3) is 0 Å². The summed E-state index contributed by atoms with van der Waals surface area (Å²) in [5.41, 5.74) is 0. The molecule has 0 saturated heterocycles. The fraction of sp³-hybridized carbons (Fsp3) is 0.909. The molecule has 1 radical (unpaired) electrons. The molecule has 23 heavy (non-hydrogen) atoms. The van der Waals surface area contributed by atoms with Crippen molar-refractivity contribution in [3.63, 3.8) is 0 Å². The van der Waals surface area contributed by atoms with Gasteiger partial charge in [0.2, 0.25) is 0 Å². The molecule has 0 aromatic heterocycles. The van der Waals surface area contributed by atoms with Crippen molar-refractivity contribution < 1.29 is 16.8 Å². The van der Waals surface area contributed by atoms with Gasteiger partial charge in [-0.1, -0.05) is 69.2 Å². The van der Waals surface area contributed by atoms with Crippen molar-refractivity contribution in [2.75, 3.05) is 0 Å². The van der Waals surface area contributed by atoms with Crippen LogP contribution in [-0.4, -0.2) is 0 Å². The molecule has 2 aliphatic carbocycles. The predicted molar refractivity (Wildman–Crippen MR) is 104 cm³/mol. The molecule has 0 aromatic rings. The molecule has 0 bridgehead atoms. The third-order valence-electron chi connectivity index (χ3n) is 8.29. The van der Waals surface area contributed by atoms with E-state index in [0.717, 1.165) is 59.2 Å². The van der Waals surface area contributed by atoms with E-state index >= 15 is 0 Å². The first kappa shape index (κ1) is 28.3. The van der Waals surface area contributed by atoms with Crippen LogP contribution in [0.2, 0.25) is 0 Å². The third kappa shape index (κ3) is 5.77. The molecule has 0 unspecified atom stereocenters. The molecule has 0 N–H and O–H groups in total. The van der Waals surface area contributed by atoms with Gasteiger partial charge in [-0.05, 0) is 59.2 Å². The first-order valence-corrected chi connectivity index (χ1v) is 9.11. The zero-order chi connectivity index (χ0) is 15.8. The largest absolute Gasteiger partial charge is 2.00 e. The van der Waals surface area contributed by atoms with Crippen LogP contribution in [0.1, 0.15) is 69.2 Å². The maximum Gasteiger partial charge on any atom is 2.00 e. The summed E-state index contributed by atoms with van der Waals surface area (Å²) in [5, 5.41) is 0. The van der Waals surface area contributed by atoms with Gasteiger partial charge in [0.15, 0.2) is 0 Å². The summed E-state index contributed by atoms with van der Waals surface area (Å²) in [5.74, 6) is 9.35. The van der Waals surface area contributed by atoms with Crippen LogP contribution in [0, 0.1) is 74.0 Å². The van der Waals surface area contributed by atoms with Crippen molar-refractivity contribution in [3.05, 3.63) is 14.9 Å². The molecule has 2 rings (SSSR count). The fourth-order valence-corrected chi connectivity index (χ4v) is 4.79. The molecule has 2 fully saturated rings. The van der Waals surface area contributed by atoms with Crippen LogP contribution in [0.3, 0.4) is 0 Å². The van der Waals surface area contributed by atoms with Crippen LogP contribution >= 0.6 is 0 Å². The van der Waals surface area contributed by atoms with Crippen molar-refractivity contribution in [1.29, 1.82) is 0 Å². The van der Waals surface area contributed by atoms with Crippen LogP contribution in [0.15, 0.2) is 0 Å². The Morgan fingerprint density at radius 1 is 0.261 bits per heavy atom. The average Bonchev–Trinajstić information content (AvgIpc) is 2.71. The van der Waals surface area contributed by atoms with E-state index in [1.54, 1.807) is 0 Å². The van der Waals surface area contributed by atoms with Gasteiger partial charge in [0.05, 0.1) is 0 Å². The van der Waals surface area contributed by atoms with E-state index in [1.807, 2.05) is 0 Å². The van der Waals surface area contributed by atoms with Gasteiger partial charge < -0.3 is 14.9 Å². The zero-order valence-corrected chi connectivity index (χ0v) is 19.1. The minimum atomic E-state index is 0. The summed E-state index contributed by atoms with van der Waals surface area (Å²) in [6, 6.07) is 0. The van der Waals surface area contributed by atoms with E-state index in [0.29, 0.717) is 0 Å². The minimum absolute atomic E-state index is 0. The second kappa shape index (κ2) is 11.2. The standard InChI is InChI=1S/2C10H20.2CH3.Co/c2*1-6-7(2)9(4)10(5)8(6)3;;;/h2*6-10H,1-5H3;2*1H3;/q;;2*-1;+2. The molecule has 0 aromatic carbocycles. The topological polar surface area (TPSA) is 0 Å². The molecular weight excluding hydrogens is 323 g/mol. The van der Waals surface area contributed by atoms with Crippen molar-refractivity contribution in [1.82, 2.24) is 0 Å². The first-order valence-electron chi connectivity index (χ1n) is 9.11. The smallest absolute Gasteiger partial charge is 0.358 e. The number of hydrogen-bond acceptors (Lipinski definition) is 0. The second-order valence-corrected chi connectivity index (χ2v) is 8.59. The summed E-state index contributed by atoms with van der Waals surface area (Å²) in [6.45, 7) is 24.0. The van der Waals surface area contributed by atoms with Crippen molar-refractivity contribution in [3.8, 4) is 0 Å². The first-order chi connectivity index (χ1) is 9.11. The summed E-state index contributed by atoms with van der Waals surface area (Å²) < 4.78 is 0. The average molecular weight is 370 g/mol. The zero-order valence-electron chi connectivity index (χ0n) is 18.1. The van der Waals surface area contributed by atoms with Crippen LogP contribution in [0.4, 0.5) is 0 Å². The van der Waals surface area contributed by atoms with E-state index in [1.165, 1.54) is 0 Å². The summed E-state index contributed by atoms with van der Waals surface area (Å²) in [4.78, 5) is 0. The van der Waals surface area contributed by atoms with E-state index in [-0.39, 0.29) is 31.6 Å². The Morgan fingerprint density at radius 3 is 0.348 bits per heavy atom. The van der Waals surface area contributed by atoms with Crippen molar-refractivity contribution in [2.24, 2.45) is 59.2 Å². The molecule has 0 spiro atoms. The molecule has 0 nitrogen and oxygen atoms in total. The van der Waals surface area contributed by atoms with E-state index < -0.39 is 0 Å². The van der Waals surface area contributed by atoms with E-state index in [9.17, 15) is 0 Å². The molecule has 1 heteroatoms. The minimum Gasteiger partial charge on any atom is -0.358 e. The SMILES string of the molecule is CC1C(C)C(C)C(C)C1C.CC1C(C)C(C)C(C)C1C.[CH3-].[CH3-].[Co+2]. The number of hydrogen-bond donors (Lipinski definition) is 0. The van der Waals surface area contributed by atoms with Gasteiger partial charge in [-0.2, -0.15) is 0 Å². The van der Waals surface area contributed by atoms with Gasteiger partial charge in [-0.25, -0.2) is 0 Å². The van der Waals surface area contributed by atoms with E-state index in [4.69, 9.17) is 0 Å². The maximum atomic E-state index is 2.40. The van der Waals surface area contributed by atoms with Gasteiger partial charge in [-0.3, -0.25) is 0 Å². The van der Waals surface area contributed by atoms with Crippen molar-refractivity contribution >= 4 is 0 Å². The van der Waals surface area contributed by atoms with E-state index in [2.05, 4.69) is 69.2 Å². The van der Waals surface area contributed by atoms with Crippen LogP contribution < -0.4 is 0 Å². The quantitative estimate of drug-likeness (QED) is 0.394. The summed E-state index contributed by atoms with van der Waals surface area (Å²) >= 11 is 0.